The molecule has 0 saturated heterocycles. The van der Waals surface area contributed by atoms with E-state index < -0.39 is 5.97 Å². The zero-order valence-electron chi connectivity index (χ0n) is 19.0. The van der Waals surface area contributed by atoms with E-state index in [1.807, 2.05) is 31.2 Å². The molecule has 0 radical (unpaired) electrons. The second kappa shape index (κ2) is 12.2. The second-order valence-electron chi connectivity index (χ2n) is 6.81. The number of ether oxygens (including phenoxy) is 4. The molecule has 0 aliphatic rings. The van der Waals surface area contributed by atoms with Crippen LogP contribution in [0, 0.1) is 0 Å². The molecule has 0 amide bonds. The minimum Gasteiger partial charge on any atom is -0.497 e. The van der Waals surface area contributed by atoms with Gasteiger partial charge in [0, 0.05) is 5.69 Å². The van der Waals surface area contributed by atoms with Crippen LogP contribution in [0.4, 0.5) is 5.69 Å². The molecule has 0 spiro atoms. The van der Waals surface area contributed by atoms with Crippen molar-refractivity contribution in [2.75, 3.05) is 26.1 Å². The van der Waals surface area contributed by atoms with E-state index in [2.05, 4.69) is 15.8 Å². The molecule has 0 saturated carbocycles. The predicted molar refractivity (Wildman–Crippen MR) is 136 cm³/mol. The fraction of sp³-hybridized carbons (Fsp3) is 0.160. The molecule has 0 aliphatic carbocycles. The minimum atomic E-state index is -0.498. The highest BCUT2D eigenvalue weighted by atomic mass is 32.1. The van der Waals surface area contributed by atoms with Gasteiger partial charge in [0.15, 0.2) is 16.6 Å². The number of hydrogen-bond donors (Lipinski definition) is 2. The topological polar surface area (TPSA) is 90.4 Å². The average molecular weight is 480 g/mol. The minimum absolute atomic E-state index is 0.310. The number of rotatable bonds is 9. The van der Waals surface area contributed by atoms with Crippen LogP contribution in [0.25, 0.3) is 0 Å². The van der Waals surface area contributed by atoms with Crippen molar-refractivity contribution >= 4 is 35.2 Å². The normalized spacial score (nSPS) is 10.4. The van der Waals surface area contributed by atoms with Crippen LogP contribution in [0.15, 0.2) is 71.8 Å². The number of hydrogen-bond acceptors (Lipinski definition) is 7. The molecule has 176 valence electrons. The molecule has 0 aromatic heterocycles. The maximum atomic E-state index is 12.5. The van der Waals surface area contributed by atoms with Gasteiger partial charge in [-0.05, 0) is 91.4 Å². The number of carbonyl (C=O) groups is 1. The molecular formula is C25H25N3O5S. The molecule has 3 rings (SSSR count). The van der Waals surface area contributed by atoms with E-state index in [1.54, 1.807) is 62.9 Å². The highest BCUT2D eigenvalue weighted by Gasteiger charge is 2.13. The first-order valence-electron chi connectivity index (χ1n) is 10.4. The Kier molecular flexibility index (Phi) is 8.81. The summed E-state index contributed by atoms with van der Waals surface area (Å²) in [4.78, 5) is 12.5. The first-order valence-corrected chi connectivity index (χ1v) is 10.8. The van der Waals surface area contributed by atoms with Crippen molar-refractivity contribution in [2.45, 2.75) is 6.92 Å². The van der Waals surface area contributed by atoms with E-state index in [0.717, 1.165) is 17.0 Å². The Labute approximate surface area is 203 Å². The van der Waals surface area contributed by atoms with Crippen LogP contribution in [0.2, 0.25) is 0 Å². The Morgan fingerprint density at radius 1 is 0.941 bits per heavy atom. The molecule has 0 atom stereocenters. The van der Waals surface area contributed by atoms with E-state index in [4.69, 9.17) is 31.2 Å². The van der Waals surface area contributed by atoms with Gasteiger partial charge < -0.3 is 24.3 Å². The van der Waals surface area contributed by atoms with Gasteiger partial charge >= 0.3 is 5.97 Å². The lowest BCUT2D eigenvalue weighted by atomic mass is 10.2. The Bertz CT molecular complexity index is 1150. The molecule has 8 nitrogen and oxygen atoms in total. The fourth-order valence-corrected chi connectivity index (χ4v) is 3.01. The van der Waals surface area contributed by atoms with Crippen molar-refractivity contribution in [1.29, 1.82) is 0 Å². The standard InChI is InChI=1S/C25H25N3O5S/c1-4-32-23-15-17(16-26-28-25(34)27-19-8-12-21(31-3)13-9-19)5-14-22(23)33-24(29)18-6-10-20(30-2)11-7-18/h5-16H,4H2,1-3H3,(H2,27,28,34)/b26-16+. The molecule has 9 heteroatoms. The summed E-state index contributed by atoms with van der Waals surface area (Å²) in [7, 11) is 3.17. The average Bonchev–Trinajstić information content (AvgIpc) is 2.86. The predicted octanol–water partition coefficient (Wildman–Crippen LogP) is 4.64. The molecule has 0 bridgehead atoms. The number of hydrazone groups is 1. The summed E-state index contributed by atoms with van der Waals surface area (Å²) in [6, 6.07) is 19.1. The third-order valence-electron chi connectivity index (χ3n) is 4.52. The molecule has 34 heavy (non-hydrogen) atoms. The third-order valence-corrected chi connectivity index (χ3v) is 4.72. The molecular weight excluding hydrogens is 454 g/mol. The lowest BCUT2D eigenvalue weighted by Crippen LogP contribution is -2.23. The Morgan fingerprint density at radius 2 is 1.59 bits per heavy atom. The number of benzene rings is 3. The fourth-order valence-electron chi connectivity index (χ4n) is 2.84. The number of nitrogens with zero attached hydrogens (tertiary/aromatic N) is 1. The summed E-state index contributed by atoms with van der Waals surface area (Å²) in [5.74, 6) is 1.64. The third kappa shape index (κ3) is 6.94. The Balaban J connectivity index is 1.62. The summed E-state index contributed by atoms with van der Waals surface area (Å²) < 4.78 is 21.4. The van der Waals surface area contributed by atoms with Crippen LogP contribution in [-0.4, -0.2) is 38.1 Å². The lowest BCUT2D eigenvalue weighted by Gasteiger charge is -2.12. The number of thiocarbonyl (C=S) groups is 1. The molecule has 0 fully saturated rings. The number of anilines is 1. The zero-order valence-corrected chi connectivity index (χ0v) is 19.8. The first-order chi connectivity index (χ1) is 16.5. The van der Waals surface area contributed by atoms with Gasteiger partial charge in [-0.25, -0.2) is 4.79 Å². The van der Waals surface area contributed by atoms with E-state index >= 15 is 0 Å². The smallest absolute Gasteiger partial charge is 0.343 e. The van der Waals surface area contributed by atoms with E-state index in [0.29, 0.717) is 34.5 Å². The van der Waals surface area contributed by atoms with Gasteiger partial charge in [-0.2, -0.15) is 5.10 Å². The highest BCUT2D eigenvalue weighted by molar-refractivity contribution is 7.80. The monoisotopic (exact) mass is 479 g/mol. The van der Waals surface area contributed by atoms with Gasteiger partial charge in [0.25, 0.3) is 0 Å². The zero-order chi connectivity index (χ0) is 24.3. The van der Waals surface area contributed by atoms with Crippen molar-refractivity contribution in [3.05, 3.63) is 77.9 Å². The van der Waals surface area contributed by atoms with Gasteiger partial charge in [-0.15, -0.1) is 0 Å². The maximum Gasteiger partial charge on any atom is 0.343 e. The summed E-state index contributed by atoms with van der Waals surface area (Å²) in [5.41, 5.74) is 4.69. The van der Waals surface area contributed by atoms with Crippen LogP contribution >= 0.6 is 12.2 Å². The van der Waals surface area contributed by atoms with E-state index in [-0.39, 0.29) is 0 Å². The first kappa shape index (κ1) is 24.5. The number of carbonyl (C=O) groups excluding carboxylic acids is 1. The quantitative estimate of drug-likeness (QED) is 0.151. The molecule has 3 aromatic rings. The van der Waals surface area contributed by atoms with E-state index in [9.17, 15) is 4.79 Å². The van der Waals surface area contributed by atoms with Crippen molar-refractivity contribution < 1.29 is 23.7 Å². The Morgan fingerprint density at radius 3 is 2.21 bits per heavy atom. The SMILES string of the molecule is CCOc1cc(/C=N/NC(=S)Nc2ccc(OC)cc2)ccc1OC(=O)c1ccc(OC)cc1. The second-order valence-corrected chi connectivity index (χ2v) is 7.22. The van der Waals surface area contributed by atoms with Crippen molar-refractivity contribution in [1.82, 2.24) is 5.43 Å². The van der Waals surface area contributed by atoms with Crippen LogP contribution < -0.4 is 29.7 Å². The summed E-state index contributed by atoms with van der Waals surface area (Å²) in [6.07, 6.45) is 1.58. The largest absolute Gasteiger partial charge is 0.497 e. The van der Waals surface area contributed by atoms with Crippen LogP contribution in [0.5, 0.6) is 23.0 Å². The molecule has 0 heterocycles. The lowest BCUT2D eigenvalue weighted by molar-refractivity contribution is 0.0728. The maximum absolute atomic E-state index is 12.5. The van der Waals surface area contributed by atoms with Gasteiger partial charge in [0.05, 0.1) is 32.6 Å². The summed E-state index contributed by atoms with van der Waals surface area (Å²) in [6.45, 7) is 2.25. The number of nitrogens with one attached hydrogen (secondary N) is 2. The van der Waals surface area contributed by atoms with Gasteiger partial charge in [0.2, 0.25) is 0 Å². The van der Waals surface area contributed by atoms with Crippen molar-refractivity contribution in [2.24, 2.45) is 5.10 Å². The van der Waals surface area contributed by atoms with Crippen LogP contribution in [0.1, 0.15) is 22.8 Å². The Hall–Kier alpha value is -4.11. The van der Waals surface area contributed by atoms with Crippen LogP contribution in [-0.2, 0) is 0 Å². The number of esters is 1. The summed E-state index contributed by atoms with van der Waals surface area (Å²) >= 11 is 5.25. The summed E-state index contributed by atoms with van der Waals surface area (Å²) in [5, 5.41) is 7.50. The van der Waals surface area contributed by atoms with Crippen molar-refractivity contribution in [3.63, 3.8) is 0 Å². The van der Waals surface area contributed by atoms with Crippen LogP contribution in [0.3, 0.4) is 0 Å². The van der Waals surface area contributed by atoms with E-state index in [1.165, 1.54) is 0 Å². The molecule has 2 N–H and O–H groups in total. The number of methoxy groups -OCH3 is 2. The van der Waals surface area contributed by atoms with Gasteiger partial charge in [-0.3, -0.25) is 5.43 Å². The van der Waals surface area contributed by atoms with Crippen molar-refractivity contribution in [3.8, 4) is 23.0 Å². The van der Waals surface area contributed by atoms with Gasteiger partial charge in [0.1, 0.15) is 11.5 Å². The molecule has 0 aliphatic heterocycles. The highest BCUT2D eigenvalue weighted by Crippen LogP contribution is 2.29. The molecule has 3 aromatic carbocycles. The van der Waals surface area contributed by atoms with Gasteiger partial charge in [-0.1, -0.05) is 0 Å². The molecule has 0 unspecified atom stereocenters.